The first kappa shape index (κ1) is 43.3. The Morgan fingerprint density at radius 2 is 1.60 bits per heavy atom. The number of allylic oxidation sites excluding steroid dienone is 1. The van der Waals surface area contributed by atoms with Crippen LogP contribution in [0.15, 0.2) is 149 Å². The number of thioether (sulfide) groups is 1. The highest BCUT2D eigenvalue weighted by Crippen LogP contribution is 2.43. The molecule has 63 heavy (non-hydrogen) atoms. The molecule has 324 valence electrons. The van der Waals surface area contributed by atoms with Crippen molar-refractivity contribution in [2.45, 2.75) is 36.1 Å². The smallest absolute Gasteiger partial charge is 0.355 e. The number of hydrogen-bond acceptors (Lipinski definition) is 12. The van der Waals surface area contributed by atoms with E-state index < -0.39 is 41.6 Å². The molecule has 13 nitrogen and oxygen atoms in total. The molecule has 16 heteroatoms. The van der Waals surface area contributed by atoms with Crippen molar-refractivity contribution in [1.29, 1.82) is 0 Å². The number of nitrogens with one attached hydrogen (secondary N) is 2. The number of esters is 1. The molecule has 0 saturated carbocycles. The van der Waals surface area contributed by atoms with Gasteiger partial charge in [0.25, 0.3) is 18.7 Å². The number of aromatic nitrogens is 1. The Morgan fingerprint density at radius 1 is 0.968 bits per heavy atom. The molecule has 8 rings (SSSR count). The molecule has 2 saturated heterocycles. The maximum absolute atomic E-state index is 14.1. The van der Waals surface area contributed by atoms with Gasteiger partial charge in [-0.2, -0.15) is 9.48 Å². The Bertz CT molecular complexity index is 2420. The Balaban J connectivity index is 1.04. The van der Waals surface area contributed by atoms with Crippen LogP contribution in [0.5, 0.6) is 5.75 Å². The van der Waals surface area contributed by atoms with Gasteiger partial charge in [-0.3, -0.25) is 14.5 Å². The van der Waals surface area contributed by atoms with Crippen molar-refractivity contribution in [1.82, 2.24) is 15.2 Å². The zero-order valence-corrected chi connectivity index (χ0v) is 36.4. The molecule has 0 bridgehead atoms. The maximum Gasteiger partial charge on any atom is 0.355 e. The van der Waals surface area contributed by atoms with E-state index in [1.165, 1.54) is 28.0 Å². The number of β-lactam (4-membered cyclic amide) rings is 1. The van der Waals surface area contributed by atoms with E-state index in [1.807, 2.05) is 117 Å². The Labute approximate surface area is 372 Å². The lowest BCUT2D eigenvalue weighted by atomic mass is 9.77. The van der Waals surface area contributed by atoms with Crippen LogP contribution in [0, 0.1) is 0 Å². The third kappa shape index (κ3) is 9.25. The second-order valence-electron chi connectivity index (χ2n) is 15.4. The topological polar surface area (TPSA) is 141 Å². The van der Waals surface area contributed by atoms with Gasteiger partial charge in [0.2, 0.25) is 0 Å². The highest BCUT2D eigenvalue weighted by Gasteiger charge is 2.54. The van der Waals surface area contributed by atoms with Crippen LogP contribution in [0.2, 0.25) is 0 Å². The predicted octanol–water partition coefficient (Wildman–Crippen LogP) is 6.94. The summed E-state index contributed by atoms with van der Waals surface area (Å²) in [5, 5.41) is 11.7. The first-order valence-corrected chi connectivity index (χ1v) is 22.2. The van der Waals surface area contributed by atoms with Gasteiger partial charge in [0.05, 0.1) is 21.2 Å². The Morgan fingerprint density at radius 3 is 2.17 bits per heavy atom. The molecule has 2 amide bonds. The number of hydroxylamine groups is 3. The predicted molar refractivity (Wildman–Crippen MR) is 239 cm³/mol. The summed E-state index contributed by atoms with van der Waals surface area (Å²) >= 11 is 2.61. The molecule has 4 heterocycles. The summed E-state index contributed by atoms with van der Waals surface area (Å²) in [6.45, 7) is -0.516. The Hall–Kier alpha value is -6.33. The van der Waals surface area contributed by atoms with Gasteiger partial charge in [-0.15, -0.1) is 23.1 Å². The zero-order chi connectivity index (χ0) is 44.0. The van der Waals surface area contributed by atoms with Crippen molar-refractivity contribution < 1.29 is 42.6 Å². The van der Waals surface area contributed by atoms with E-state index in [2.05, 4.69) is 15.8 Å². The summed E-state index contributed by atoms with van der Waals surface area (Å²) in [5.41, 5.74) is 3.10. The van der Waals surface area contributed by atoms with E-state index in [9.17, 15) is 18.8 Å². The van der Waals surface area contributed by atoms with E-state index in [4.69, 9.17) is 24.1 Å². The molecule has 0 spiro atoms. The molecular weight excluding hydrogens is 844 g/mol. The quantitative estimate of drug-likeness (QED) is 0.0268. The molecule has 4 aromatic carbocycles. The molecule has 1 unspecified atom stereocenters. The van der Waals surface area contributed by atoms with Gasteiger partial charge in [0.15, 0.2) is 10.8 Å². The van der Waals surface area contributed by atoms with Gasteiger partial charge in [0.1, 0.15) is 53.4 Å². The fourth-order valence-corrected chi connectivity index (χ4v) is 9.92. The van der Waals surface area contributed by atoms with Crippen LogP contribution in [0.25, 0.3) is 0 Å². The number of fused-ring (bicyclic) bond motifs is 1. The summed E-state index contributed by atoms with van der Waals surface area (Å²) in [6.07, 6.45) is 4.33. The molecule has 1 aromatic heterocycles. The number of amides is 2. The summed E-state index contributed by atoms with van der Waals surface area (Å²) in [6, 6.07) is 35.9. The number of thiazole rings is 1. The fourth-order valence-electron chi connectivity index (χ4n) is 7.85. The van der Waals surface area contributed by atoms with Crippen molar-refractivity contribution in [3.05, 3.63) is 172 Å². The molecule has 2 N–H and O–H groups in total. The van der Waals surface area contributed by atoms with Gasteiger partial charge >= 0.3 is 5.97 Å². The van der Waals surface area contributed by atoms with Crippen molar-refractivity contribution >= 4 is 51.7 Å². The highest BCUT2D eigenvalue weighted by molar-refractivity contribution is 8.00. The number of benzene rings is 4. The molecule has 3 aliphatic rings. The van der Waals surface area contributed by atoms with Gasteiger partial charge in [-0.1, -0.05) is 114 Å². The average molecular weight is 890 g/mol. The normalized spacial score (nSPS) is 19.6. The number of oxime groups is 1. The molecule has 0 radical (unpaired) electrons. The van der Waals surface area contributed by atoms with E-state index in [0.717, 1.165) is 35.2 Å². The second kappa shape index (κ2) is 19.0. The third-order valence-electron chi connectivity index (χ3n) is 11.0. The number of quaternary nitrogens is 1. The number of methoxy groups -OCH3 is 1. The van der Waals surface area contributed by atoms with Gasteiger partial charge in [-0.25, -0.2) is 14.2 Å². The maximum atomic E-state index is 14.1. The number of ether oxygens (including phenoxy) is 2. The standard InChI is InChI=1S/C47H45FN6O7S2/c1-54(2)26-25-37(61-54)24-21-32-28-62-44-40(43(56)53(44)41(32)45(57)59-27-31-19-22-36(58-3)23-20-31)50-42(55)39(52-60-30-48)38-29-63-46(49-38)51-47(33-13-7-4-8-14-33,34-15-9-5-10-16-34)35-17-11-6-12-18-35/h4-24,29,37,40,44H,25-28,30H2,1-3H3,(H-,49,50,51,55)/p+1/b24-21+,52-39-/t37?,40-,44-/m1/s1. The third-order valence-corrected chi connectivity index (χ3v) is 13.0. The first-order valence-electron chi connectivity index (χ1n) is 20.2. The van der Waals surface area contributed by atoms with Crippen LogP contribution >= 0.6 is 23.1 Å². The van der Waals surface area contributed by atoms with Crippen LogP contribution in [0.3, 0.4) is 0 Å². The summed E-state index contributed by atoms with van der Waals surface area (Å²) in [7, 11) is 5.52. The van der Waals surface area contributed by atoms with Crippen molar-refractivity contribution in [2.24, 2.45) is 5.16 Å². The number of rotatable bonds is 16. The van der Waals surface area contributed by atoms with Gasteiger partial charge in [0, 0.05) is 17.6 Å². The van der Waals surface area contributed by atoms with E-state index in [-0.39, 0.29) is 29.8 Å². The van der Waals surface area contributed by atoms with Crippen LogP contribution in [-0.2, 0) is 40.9 Å². The zero-order valence-electron chi connectivity index (χ0n) is 34.8. The first-order chi connectivity index (χ1) is 30.6. The number of carbonyl (C=O) groups is 3. The minimum absolute atomic E-state index is 0.0389. The van der Waals surface area contributed by atoms with E-state index >= 15 is 0 Å². The Kier molecular flexibility index (Phi) is 13.0. The molecule has 5 aromatic rings. The van der Waals surface area contributed by atoms with Crippen molar-refractivity contribution in [2.75, 3.05) is 45.7 Å². The highest BCUT2D eigenvalue weighted by atomic mass is 32.2. The minimum atomic E-state index is -1.30. The number of nitrogens with zero attached hydrogens (tertiary/aromatic N) is 4. The number of alkyl halides is 1. The summed E-state index contributed by atoms with van der Waals surface area (Å²) < 4.78 is 24.9. The van der Waals surface area contributed by atoms with Crippen LogP contribution < -0.4 is 15.4 Å². The largest absolute Gasteiger partial charge is 0.497 e. The molecule has 3 aliphatic heterocycles. The number of halogens is 1. The second-order valence-corrected chi connectivity index (χ2v) is 17.4. The fraction of sp³-hybridized carbons (Fsp3) is 0.255. The van der Waals surface area contributed by atoms with Gasteiger partial charge < -0.3 is 24.9 Å². The molecule has 2 fully saturated rings. The van der Waals surface area contributed by atoms with Crippen molar-refractivity contribution in [3.63, 3.8) is 0 Å². The lowest BCUT2D eigenvalue weighted by Crippen LogP contribution is -2.71. The lowest BCUT2D eigenvalue weighted by Gasteiger charge is -2.49. The number of carbonyl (C=O) groups excluding carboxylic acids is 3. The molecule has 0 aliphatic carbocycles. The lowest BCUT2D eigenvalue weighted by molar-refractivity contribution is -1.06. The van der Waals surface area contributed by atoms with E-state index in [0.29, 0.717) is 26.9 Å². The SMILES string of the molecule is COc1ccc(COC(=O)C2=C(/C=C/C3CC[N+](C)(C)O3)CS[C@@H]3[C@H](NC(=O)/C(=N\OCF)c4csc(NC(c5ccccc5)(c5ccccc5)c5ccccc5)n4)C(=O)N23)cc1. The van der Waals surface area contributed by atoms with E-state index in [1.54, 1.807) is 36.8 Å². The number of anilines is 1. The summed E-state index contributed by atoms with van der Waals surface area (Å²) in [5.74, 6) is -1.01. The van der Waals surface area contributed by atoms with Crippen LogP contribution in [-0.4, -0.2) is 95.9 Å². The molecule has 3 atom stereocenters. The average Bonchev–Trinajstić information content (AvgIpc) is 3.93. The van der Waals surface area contributed by atoms with Crippen molar-refractivity contribution in [3.8, 4) is 5.75 Å². The molecular formula is C47H46FN6O7S2+. The monoisotopic (exact) mass is 889 g/mol. The number of hydrogen-bond donors (Lipinski definition) is 2. The summed E-state index contributed by atoms with van der Waals surface area (Å²) in [4.78, 5) is 59.1. The van der Waals surface area contributed by atoms with Gasteiger partial charge in [-0.05, 0) is 46.0 Å². The van der Waals surface area contributed by atoms with Crippen LogP contribution in [0.1, 0.15) is 34.4 Å². The van der Waals surface area contributed by atoms with Crippen LogP contribution in [0.4, 0.5) is 9.52 Å². The minimum Gasteiger partial charge on any atom is -0.497 e.